The highest BCUT2D eigenvalue weighted by Crippen LogP contribution is 2.18. The minimum atomic E-state index is -0.0259. The van der Waals surface area contributed by atoms with Crippen LogP contribution in [0.4, 0.5) is 0 Å². The second-order valence-corrected chi connectivity index (χ2v) is 7.21. The lowest BCUT2D eigenvalue weighted by molar-refractivity contribution is -0.128. The van der Waals surface area contributed by atoms with Gasteiger partial charge < -0.3 is 5.32 Å². The van der Waals surface area contributed by atoms with Crippen molar-refractivity contribution in [2.24, 2.45) is 17.8 Å². The van der Waals surface area contributed by atoms with Gasteiger partial charge in [-0.15, -0.1) is 0 Å². The van der Waals surface area contributed by atoms with Crippen LogP contribution in [0.15, 0.2) is 30.3 Å². The van der Waals surface area contributed by atoms with Crippen molar-refractivity contribution in [3.63, 3.8) is 0 Å². The van der Waals surface area contributed by atoms with E-state index >= 15 is 0 Å². The summed E-state index contributed by atoms with van der Waals surface area (Å²) in [6, 6.07) is 10.2. The van der Waals surface area contributed by atoms with Gasteiger partial charge in [0.05, 0.1) is 6.54 Å². The summed E-state index contributed by atoms with van der Waals surface area (Å²) in [6.45, 7) is 8.46. The molecule has 3 nitrogen and oxygen atoms in total. The number of carbonyl (C=O) groups is 2. The quantitative estimate of drug-likeness (QED) is 0.708. The van der Waals surface area contributed by atoms with Crippen molar-refractivity contribution in [1.82, 2.24) is 5.32 Å². The van der Waals surface area contributed by atoms with Crippen LogP contribution in [0.3, 0.4) is 0 Å². The molecule has 0 bridgehead atoms. The molecule has 0 aliphatic carbocycles. The van der Waals surface area contributed by atoms with Crippen LogP contribution in [0.5, 0.6) is 0 Å². The van der Waals surface area contributed by atoms with Crippen molar-refractivity contribution < 1.29 is 9.59 Å². The number of aryl methyl sites for hydroxylation is 1. The lowest BCUT2D eigenvalue weighted by Crippen LogP contribution is -2.35. The SMILES string of the molecule is CC(C)CC(=O)CNC(=O)C(CCc1ccccc1)CC(C)C. The molecule has 0 aliphatic heterocycles. The summed E-state index contributed by atoms with van der Waals surface area (Å²) in [5.41, 5.74) is 1.25. The first kappa shape index (κ1) is 19.4. The summed E-state index contributed by atoms with van der Waals surface area (Å²) in [6.07, 6.45) is 3.11. The summed E-state index contributed by atoms with van der Waals surface area (Å²) < 4.78 is 0. The van der Waals surface area contributed by atoms with E-state index < -0.39 is 0 Å². The Hall–Kier alpha value is -1.64. The molecule has 0 heterocycles. The van der Waals surface area contributed by atoms with E-state index in [-0.39, 0.29) is 24.2 Å². The van der Waals surface area contributed by atoms with Gasteiger partial charge in [-0.05, 0) is 36.7 Å². The summed E-state index contributed by atoms with van der Waals surface area (Å²) in [5.74, 6) is 0.908. The van der Waals surface area contributed by atoms with Gasteiger partial charge in [0.2, 0.25) is 5.91 Å². The molecule has 0 saturated heterocycles. The Kier molecular flexibility index (Phi) is 8.60. The van der Waals surface area contributed by atoms with Crippen LogP contribution < -0.4 is 5.32 Å². The minimum absolute atomic E-state index is 0.0201. The lowest BCUT2D eigenvalue weighted by Gasteiger charge is -2.19. The summed E-state index contributed by atoms with van der Waals surface area (Å²) in [4.78, 5) is 24.2. The third-order valence-corrected chi connectivity index (χ3v) is 3.85. The largest absolute Gasteiger partial charge is 0.349 e. The molecule has 0 saturated carbocycles. The van der Waals surface area contributed by atoms with E-state index in [0.717, 1.165) is 19.3 Å². The number of ketones is 1. The number of nitrogens with one attached hydrogen (secondary N) is 1. The van der Waals surface area contributed by atoms with Crippen LogP contribution in [-0.2, 0) is 16.0 Å². The number of hydrogen-bond acceptors (Lipinski definition) is 2. The van der Waals surface area contributed by atoms with Crippen molar-refractivity contribution >= 4 is 11.7 Å². The molecular formula is C20H31NO2. The van der Waals surface area contributed by atoms with Crippen molar-refractivity contribution in [3.05, 3.63) is 35.9 Å². The molecule has 1 rings (SSSR count). The molecule has 1 N–H and O–H groups in total. The van der Waals surface area contributed by atoms with Crippen LogP contribution in [0.2, 0.25) is 0 Å². The van der Waals surface area contributed by atoms with Crippen molar-refractivity contribution in [2.75, 3.05) is 6.54 Å². The number of carbonyl (C=O) groups excluding carboxylic acids is 2. The fourth-order valence-electron chi connectivity index (χ4n) is 2.77. The molecule has 1 aromatic carbocycles. The van der Waals surface area contributed by atoms with E-state index in [2.05, 4.69) is 31.3 Å². The lowest BCUT2D eigenvalue weighted by atomic mass is 9.90. The van der Waals surface area contributed by atoms with Gasteiger partial charge in [0.25, 0.3) is 0 Å². The topological polar surface area (TPSA) is 46.2 Å². The Morgan fingerprint density at radius 1 is 1.00 bits per heavy atom. The molecule has 0 radical (unpaired) electrons. The average Bonchev–Trinajstić information content (AvgIpc) is 2.49. The van der Waals surface area contributed by atoms with Crippen LogP contribution in [-0.4, -0.2) is 18.2 Å². The van der Waals surface area contributed by atoms with Crippen LogP contribution in [0, 0.1) is 17.8 Å². The molecule has 0 aliphatic rings. The number of Topliss-reactive ketones (excluding diaryl/α,β-unsaturated/α-hetero) is 1. The molecular weight excluding hydrogens is 286 g/mol. The highest BCUT2D eigenvalue weighted by Gasteiger charge is 2.20. The molecule has 3 heteroatoms. The van der Waals surface area contributed by atoms with Crippen molar-refractivity contribution in [3.8, 4) is 0 Å². The molecule has 23 heavy (non-hydrogen) atoms. The maximum absolute atomic E-state index is 12.4. The summed E-state index contributed by atoms with van der Waals surface area (Å²) in [5, 5.41) is 2.84. The van der Waals surface area contributed by atoms with Crippen molar-refractivity contribution in [2.45, 2.75) is 53.4 Å². The maximum Gasteiger partial charge on any atom is 0.223 e. The molecule has 0 aromatic heterocycles. The van der Waals surface area contributed by atoms with E-state index in [1.54, 1.807) is 0 Å². The normalized spacial score (nSPS) is 12.4. The Labute approximate surface area is 140 Å². The van der Waals surface area contributed by atoms with Crippen LogP contribution >= 0.6 is 0 Å². The highest BCUT2D eigenvalue weighted by molar-refractivity contribution is 5.87. The smallest absolute Gasteiger partial charge is 0.223 e. The van der Waals surface area contributed by atoms with Gasteiger partial charge in [0.15, 0.2) is 5.78 Å². The minimum Gasteiger partial charge on any atom is -0.349 e. The Morgan fingerprint density at radius 3 is 2.22 bits per heavy atom. The first-order valence-corrected chi connectivity index (χ1v) is 8.71. The van der Waals surface area contributed by atoms with E-state index in [9.17, 15) is 9.59 Å². The van der Waals surface area contributed by atoms with Gasteiger partial charge in [-0.25, -0.2) is 0 Å². The van der Waals surface area contributed by atoms with E-state index in [1.165, 1.54) is 5.56 Å². The first-order valence-electron chi connectivity index (χ1n) is 8.71. The predicted octanol–water partition coefficient (Wildman–Crippen LogP) is 4.01. The van der Waals surface area contributed by atoms with Gasteiger partial charge in [-0.1, -0.05) is 58.0 Å². The van der Waals surface area contributed by atoms with Gasteiger partial charge in [-0.3, -0.25) is 9.59 Å². The molecule has 0 spiro atoms. The predicted molar refractivity (Wildman–Crippen MR) is 95.2 cm³/mol. The average molecular weight is 317 g/mol. The molecule has 1 aromatic rings. The van der Waals surface area contributed by atoms with E-state index in [1.807, 2.05) is 32.0 Å². The Balaban J connectivity index is 2.51. The van der Waals surface area contributed by atoms with Crippen LogP contribution in [0.25, 0.3) is 0 Å². The van der Waals surface area contributed by atoms with E-state index in [4.69, 9.17) is 0 Å². The standard InChI is InChI=1S/C20H31NO2/c1-15(2)12-18(11-10-17-8-6-5-7-9-17)20(23)21-14-19(22)13-16(3)4/h5-9,15-16,18H,10-14H2,1-4H3,(H,21,23). The van der Waals surface area contributed by atoms with E-state index in [0.29, 0.717) is 18.3 Å². The second kappa shape index (κ2) is 10.2. The zero-order chi connectivity index (χ0) is 17.2. The fraction of sp³-hybridized carbons (Fsp3) is 0.600. The zero-order valence-electron chi connectivity index (χ0n) is 15.0. The van der Waals surface area contributed by atoms with Crippen molar-refractivity contribution in [1.29, 1.82) is 0 Å². The molecule has 1 atom stereocenters. The zero-order valence-corrected chi connectivity index (χ0v) is 15.0. The monoisotopic (exact) mass is 317 g/mol. The fourth-order valence-corrected chi connectivity index (χ4v) is 2.77. The Morgan fingerprint density at radius 2 is 1.65 bits per heavy atom. The number of rotatable bonds is 10. The molecule has 0 fully saturated rings. The van der Waals surface area contributed by atoms with Gasteiger partial charge >= 0.3 is 0 Å². The highest BCUT2D eigenvalue weighted by atomic mass is 16.2. The van der Waals surface area contributed by atoms with Crippen LogP contribution in [0.1, 0.15) is 52.5 Å². The van der Waals surface area contributed by atoms with Gasteiger partial charge in [-0.2, -0.15) is 0 Å². The van der Waals surface area contributed by atoms with Gasteiger partial charge in [0, 0.05) is 12.3 Å². The second-order valence-electron chi connectivity index (χ2n) is 7.21. The molecule has 128 valence electrons. The summed E-state index contributed by atoms with van der Waals surface area (Å²) >= 11 is 0. The number of hydrogen-bond donors (Lipinski definition) is 1. The van der Waals surface area contributed by atoms with Gasteiger partial charge in [0.1, 0.15) is 0 Å². The first-order chi connectivity index (χ1) is 10.9. The summed E-state index contributed by atoms with van der Waals surface area (Å²) in [7, 11) is 0. The third-order valence-electron chi connectivity index (χ3n) is 3.85. The third kappa shape index (κ3) is 8.53. The number of benzene rings is 1. The Bertz CT molecular complexity index is 480. The molecule has 1 amide bonds. The number of amides is 1. The molecule has 1 unspecified atom stereocenters. The maximum atomic E-state index is 12.4.